The van der Waals surface area contributed by atoms with Crippen molar-refractivity contribution in [2.24, 2.45) is 0 Å². The number of rotatable bonds is 5. The van der Waals surface area contributed by atoms with Crippen LogP contribution >= 0.6 is 0 Å². The van der Waals surface area contributed by atoms with Gasteiger partial charge in [-0.05, 0) is 25.5 Å². The first-order valence-electron chi connectivity index (χ1n) is 5.84. The highest BCUT2D eigenvalue weighted by atomic mass is 19.1. The molecule has 1 amide bonds. The van der Waals surface area contributed by atoms with Crippen molar-refractivity contribution in [2.75, 3.05) is 6.61 Å². The van der Waals surface area contributed by atoms with Gasteiger partial charge in [-0.3, -0.25) is 4.79 Å². The van der Waals surface area contributed by atoms with E-state index in [0.29, 0.717) is 6.42 Å². The van der Waals surface area contributed by atoms with Crippen LogP contribution in [-0.2, 0) is 0 Å². The summed E-state index contributed by atoms with van der Waals surface area (Å²) in [6, 6.07) is 3.66. The van der Waals surface area contributed by atoms with Crippen LogP contribution in [-0.4, -0.2) is 28.3 Å². The van der Waals surface area contributed by atoms with Crippen LogP contribution in [0.1, 0.15) is 37.0 Å². The molecule has 0 aliphatic carbocycles. The first kappa shape index (κ1) is 14.4. The molecule has 0 saturated heterocycles. The van der Waals surface area contributed by atoms with Crippen molar-refractivity contribution in [1.82, 2.24) is 5.32 Å². The van der Waals surface area contributed by atoms with Gasteiger partial charge in [-0.2, -0.15) is 0 Å². The molecule has 0 fully saturated rings. The third-order valence-corrected chi connectivity index (χ3v) is 2.78. The summed E-state index contributed by atoms with van der Waals surface area (Å²) >= 11 is 0. The maximum Gasteiger partial charge on any atom is 0.258 e. The summed E-state index contributed by atoms with van der Waals surface area (Å²) in [4.78, 5) is 11.9. The summed E-state index contributed by atoms with van der Waals surface area (Å²) in [5.74, 6) is -1.93. The van der Waals surface area contributed by atoms with Crippen LogP contribution in [0.5, 0.6) is 5.75 Å². The van der Waals surface area contributed by atoms with Crippen molar-refractivity contribution in [1.29, 1.82) is 0 Å². The Morgan fingerprint density at radius 2 is 2.17 bits per heavy atom. The number of hydrogen-bond donors (Lipinski definition) is 3. The zero-order valence-corrected chi connectivity index (χ0v) is 10.5. The number of phenols is 1. The van der Waals surface area contributed by atoms with E-state index < -0.39 is 28.6 Å². The van der Waals surface area contributed by atoms with Crippen molar-refractivity contribution in [3.63, 3.8) is 0 Å². The van der Waals surface area contributed by atoms with Gasteiger partial charge in [-0.25, -0.2) is 4.39 Å². The van der Waals surface area contributed by atoms with Crippen molar-refractivity contribution >= 4 is 5.91 Å². The van der Waals surface area contributed by atoms with E-state index in [-0.39, 0.29) is 6.61 Å². The summed E-state index contributed by atoms with van der Waals surface area (Å²) < 4.78 is 13.5. The van der Waals surface area contributed by atoms with Gasteiger partial charge in [0.15, 0.2) is 0 Å². The number of halogens is 1. The molecule has 0 bridgehead atoms. The Morgan fingerprint density at radius 1 is 1.50 bits per heavy atom. The number of carbonyl (C=O) groups excluding carboxylic acids is 1. The molecule has 1 aromatic rings. The molecule has 0 saturated carbocycles. The first-order chi connectivity index (χ1) is 8.43. The molecule has 0 radical (unpaired) electrons. The van der Waals surface area contributed by atoms with E-state index in [0.717, 1.165) is 12.5 Å². The minimum absolute atomic E-state index is 0.248. The van der Waals surface area contributed by atoms with Crippen molar-refractivity contribution < 1.29 is 19.4 Å². The molecule has 18 heavy (non-hydrogen) atoms. The standard InChI is InChI=1S/C13H18FNO3/c1-3-7-13(2,8-16)15-12(18)11-9(14)5-4-6-10(11)17/h4-6,16-17H,3,7-8H2,1-2H3,(H,15,18)/t13-/m1/s1. The number of aromatic hydroxyl groups is 1. The van der Waals surface area contributed by atoms with Gasteiger partial charge in [-0.1, -0.05) is 19.4 Å². The van der Waals surface area contributed by atoms with E-state index in [1.807, 2.05) is 6.92 Å². The lowest BCUT2D eigenvalue weighted by molar-refractivity contribution is 0.0834. The summed E-state index contributed by atoms with van der Waals surface area (Å²) in [6.45, 7) is 3.34. The molecule has 0 aliphatic heterocycles. The molecular formula is C13H18FNO3. The number of amides is 1. The fraction of sp³-hybridized carbons (Fsp3) is 0.462. The van der Waals surface area contributed by atoms with Crippen LogP contribution in [0.3, 0.4) is 0 Å². The first-order valence-corrected chi connectivity index (χ1v) is 5.84. The summed E-state index contributed by atoms with van der Waals surface area (Å²) in [6.07, 6.45) is 1.32. The van der Waals surface area contributed by atoms with Gasteiger partial charge < -0.3 is 15.5 Å². The maximum absolute atomic E-state index is 13.5. The third-order valence-electron chi connectivity index (χ3n) is 2.78. The van der Waals surface area contributed by atoms with Crippen molar-refractivity contribution in [3.05, 3.63) is 29.6 Å². The van der Waals surface area contributed by atoms with Gasteiger partial charge in [0.2, 0.25) is 0 Å². The van der Waals surface area contributed by atoms with Gasteiger partial charge in [-0.15, -0.1) is 0 Å². The number of hydrogen-bond acceptors (Lipinski definition) is 3. The number of phenolic OH excluding ortho intramolecular Hbond substituents is 1. The molecule has 100 valence electrons. The maximum atomic E-state index is 13.5. The topological polar surface area (TPSA) is 69.6 Å². The summed E-state index contributed by atoms with van der Waals surface area (Å²) in [5.41, 5.74) is -1.21. The van der Waals surface area contributed by atoms with E-state index in [9.17, 15) is 19.4 Å². The molecule has 0 aliphatic rings. The van der Waals surface area contributed by atoms with E-state index in [1.165, 1.54) is 12.1 Å². The monoisotopic (exact) mass is 255 g/mol. The molecule has 0 aromatic heterocycles. The third kappa shape index (κ3) is 3.20. The predicted octanol–water partition coefficient (Wildman–Crippen LogP) is 1.81. The second kappa shape index (κ2) is 5.82. The fourth-order valence-corrected chi connectivity index (χ4v) is 1.81. The zero-order valence-electron chi connectivity index (χ0n) is 10.5. The van der Waals surface area contributed by atoms with Crippen LogP contribution in [0.15, 0.2) is 18.2 Å². The smallest absolute Gasteiger partial charge is 0.258 e. The van der Waals surface area contributed by atoms with Crippen molar-refractivity contribution in [3.8, 4) is 5.75 Å². The Bertz CT molecular complexity index is 416. The number of carbonyl (C=O) groups is 1. The molecule has 0 heterocycles. The van der Waals surface area contributed by atoms with Crippen LogP contribution in [0.25, 0.3) is 0 Å². The molecule has 1 rings (SSSR count). The number of aliphatic hydroxyl groups is 1. The molecule has 3 N–H and O–H groups in total. The van der Waals surface area contributed by atoms with Gasteiger partial charge >= 0.3 is 0 Å². The van der Waals surface area contributed by atoms with Crippen LogP contribution < -0.4 is 5.32 Å². The van der Waals surface area contributed by atoms with Gasteiger partial charge in [0.25, 0.3) is 5.91 Å². The number of nitrogens with one attached hydrogen (secondary N) is 1. The minimum atomic E-state index is -0.819. The largest absolute Gasteiger partial charge is 0.507 e. The Labute approximate surface area is 105 Å². The fourth-order valence-electron chi connectivity index (χ4n) is 1.81. The Hall–Kier alpha value is -1.62. The molecular weight excluding hydrogens is 237 g/mol. The van der Waals surface area contributed by atoms with Crippen LogP contribution in [0, 0.1) is 5.82 Å². The lowest BCUT2D eigenvalue weighted by Gasteiger charge is -2.28. The van der Waals surface area contributed by atoms with Crippen molar-refractivity contribution in [2.45, 2.75) is 32.2 Å². The Balaban J connectivity index is 2.95. The van der Waals surface area contributed by atoms with E-state index >= 15 is 0 Å². The van der Waals surface area contributed by atoms with Gasteiger partial charge in [0.05, 0.1) is 12.1 Å². The Kier molecular flexibility index (Phi) is 4.67. The second-order valence-electron chi connectivity index (χ2n) is 4.56. The average Bonchev–Trinajstić information content (AvgIpc) is 2.29. The number of benzene rings is 1. The molecule has 1 aromatic carbocycles. The summed E-state index contributed by atoms with van der Waals surface area (Å²) in [7, 11) is 0. The highest BCUT2D eigenvalue weighted by Gasteiger charge is 2.27. The predicted molar refractivity (Wildman–Crippen MR) is 65.9 cm³/mol. The van der Waals surface area contributed by atoms with Crippen LogP contribution in [0.4, 0.5) is 4.39 Å². The highest BCUT2D eigenvalue weighted by Crippen LogP contribution is 2.21. The zero-order chi connectivity index (χ0) is 13.8. The number of aliphatic hydroxyl groups excluding tert-OH is 1. The SMILES string of the molecule is CCC[C@](C)(CO)NC(=O)c1c(O)cccc1F. The molecule has 5 heteroatoms. The lowest BCUT2D eigenvalue weighted by Crippen LogP contribution is -2.49. The highest BCUT2D eigenvalue weighted by molar-refractivity contribution is 5.97. The molecule has 1 atom stereocenters. The summed E-state index contributed by atoms with van der Waals surface area (Å²) in [5, 5.41) is 21.3. The normalized spacial score (nSPS) is 14.0. The van der Waals surface area contributed by atoms with Gasteiger partial charge in [0.1, 0.15) is 17.1 Å². The van der Waals surface area contributed by atoms with E-state index in [4.69, 9.17) is 0 Å². The van der Waals surface area contributed by atoms with E-state index in [2.05, 4.69) is 5.32 Å². The van der Waals surface area contributed by atoms with E-state index in [1.54, 1.807) is 6.92 Å². The molecule has 0 spiro atoms. The quantitative estimate of drug-likeness (QED) is 0.751. The molecule has 0 unspecified atom stereocenters. The average molecular weight is 255 g/mol. The minimum Gasteiger partial charge on any atom is -0.507 e. The Morgan fingerprint density at radius 3 is 2.67 bits per heavy atom. The second-order valence-corrected chi connectivity index (χ2v) is 4.56. The molecule has 4 nitrogen and oxygen atoms in total. The van der Waals surface area contributed by atoms with Crippen LogP contribution in [0.2, 0.25) is 0 Å². The lowest BCUT2D eigenvalue weighted by atomic mass is 9.96. The van der Waals surface area contributed by atoms with Gasteiger partial charge in [0, 0.05) is 0 Å².